The monoisotopic (exact) mass is 242 g/mol. The number of nitrogens with one attached hydrogen (secondary N) is 2. The molecule has 0 aliphatic rings. The third kappa shape index (κ3) is 2120. The third-order valence-electron chi connectivity index (χ3n) is 0. The molecule has 2 N–H and O–H groups in total. The average Bonchev–Trinajstić information content (AvgIpc) is 1.12. The Morgan fingerprint density at radius 2 is 0.636 bits per heavy atom. The van der Waals surface area contributed by atoms with Crippen molar-refractivity contribution in [3.8, 4) is 0 Å². The summed E-state index contributed by atoms with van der Waals surface area (Å²) in [5.74, 6) is 0. The molecule has 0 aromatic heterocycles. The van der Waals surface area contributed by atoms with Crippen LogP contribution < -0.4 is 0 Å². The fourth-order valence-electron chi connectivity index (χ4n) is 0. The van der Waals surface area contributed by atoms with Crippen molar-refractivity contribution in [2.75, 3.05) is 0 Å². The van der Waals surface area contributed by atoms with E-state index in [1.54, 1.807) is 0 Å². The number of rotatable bonds is 0. The zero-order valence-electron chi connectivity index (χ0n) is 8.41. The van der Waals surface area contributed by atoms with E-state index in [2.05, 4.69) is 0 Å². The first-order valence-corrected chi connectivity index (χ1v) is 3.50. The van der Waals surface area contributed by atoms with Gasteiger partial charge in [0, 0.05) is 0 Å². The van der Waals surface area contributed by atoms with Crippen LogP contribution in [-0.4, -0.2) is 11.1 Å². The maximum absolute atomic E-state index is 6.94. The predicted octanol–water partition coefficient (Wildman–Crippen LogP) is 3.67. The first kappa shape index (κ1) is 17.6. The summed E-state index contributed by atoms with van der Waals surface area (Å²) in [4.78, 5) is 0. The van der Waals surface area contributed by atoms with Gasteiger partial charge in [0.05, 0.1) is 0 Å². The quantitative estimate of drug-likeness (QED) is 0.580. The third-order valence-corrected chi connectivity index (χ3v) is 0. The number of hydrogen-bond donors (Lipinski definition) is 0. The van der Waals surface area contributed by atoms with Crippen molar-refractivity contribution in [1.29, 1.82) is 0 Å². The molecule has 0 fully saturated rings. The largest absolute Gasteiger partial charge is 2.00 e. The van der Waals surface area contributed by atoms with Crippen LogP contribution in [0.4, 0.5) is 0 Å². The second-order valence-corrected chi connectivity index (χ2v) is 4.50. The summed E-state index contributed by atoms with van der Waals surface area (Å²) in [7, 11) is 0. The van der Waals surface area contributed by atoms with Crippen LogP contribution in [0.2, 0.25) is 0 Å². The summed E-state index contributed by atoms with van der Waals surface area (Å²) in [6, 6.07) is 0. The summed E-state index contributed by atoms with van der Waals surface area (Å²) < 4.78 is 0. The molecule has 3 heteroatoms. The molecule has 0 aliphatic carbocycles. The van der Waals surface area contributed by atoms with Gasteiger partial charge in [-0.1, -0.05) is 41.5 Å². The molecule has 0 aromatic carbocycles. The minimum atomic E-state index is -0.250. The van der Waals surface area contributed by atoms with Crippen molar-refractivity contribution >= 4 is 0 Å². The molecular formula is C8H20MoN2. The Hall–Kier alpha value is 0.608. The molecule has 0 atom stereocenters. The summed E-state index contributed by atoms with van der Waals surface area (Å²) in [6.45, 7) is 11.1. The molecule has 0 heterocycles. The Balaban J connectivity index is -0.000000107. The van der Waals surface area contributed by atoms with Crippen LogP contribution in [0.3, 0.4) is 0 Å². The molecule has 0 amide bonds. The molecule has 0 spiro atoms. The molecule has 0 aliphatic heterocycles. The fraction of sp³-hybridized carbons (Fsp3) is 1.00. The normalized spacial score (nSPS) is 10.9. The van der Waals surface area contributed by atoms with Crippen LogP contribution in [0.5, 0.6) is 0 Å². The summed E-state index contributed by atoms with van der Waals surface area (Å²) in [5.41, 5.74) is 13.4. The molecular weight excluding hydrogens is 220 g/mol. The van der Waals surface area contributed by atoms with E-state index in [9.17, 15) is 0 Å². The molecule has 0 rings (SSSR count). The Labute approximate surface area is 85.4 Å². The molecule has 0 saturated heterocycles. The molecule has 0 unspecified atom stereocenters. The topological polar surface area (TPSA) is 47.6 Å². The van der Waals surface area contributed by atoms with Gasteiger partial charge in [-0.3, -0.25) is 0 Å². The van der Waals surface area contributed by atoms with Gasteiger partial charge < -0.3 is 11.5 Å². The maximum Gasteiger partial charge on any atom is 2.00 e. The number of hydrogen-bond acceptors (Lipinski definition) is 0. The van der Waals surface area contributed by atoms with Crippen molar-refractivity contribution in [2.45, 2.75) is 52.6 Å². The van der Waals surface area contributed by atoms with Gasteiger partial charge in [0.2, 0.25) is 0 Å². The van der Waals surface area contributed by atoms with E-state index < -0.39 is 0 Å². The van der Waals surface area contributed by atoms with E-state index in [4.69, 9.17) is 11.5 Å². The van der Waals surface area contributed by atoms with Crippen LogP contribution >= 0.6 is 0 Å². The van der Waals surface area contributed by atoms with Crippen LogP contribution in [0.1, 0.15) is 41.5 Å². The summed E-state index contributed by atoms with van der Waals surface area (Å²) >= 11 is 0. The Morgan fingerprint density at radius 1 is 0.636 bits per heavy atom. The first-order chi connectivity index (χ1) is 4.00. The smallest absolute Gasteiger partial charge is 0.673 e. The fourth-order valence-corrected chi connectivity index (χ4v) is 0. The Morgan fingerprint density at radius 3 is 0.636 bits per heavy atom. The van der Waals surface area contributed by atoms with Gasteiger partial charge in [-0.2, -0.15) is 0 Å². The summed E-state index contributed by atoms with van der Waals surface area (Å²) in [6.07, 6.45) is 0. The minimum absolute atomic E-state index is 0. The average molecular weight is 240 g/mol. The van der Waals surface area contributed by atoms with Gasteiger partial charge in [0.1, 0.15) is 0 Å². The van der Waals surface area contributed by atoms with Crippen LogP contribution in [0.25, 0.3) is 11.5 Å². The zero-order chi connectivity index (χ0) is 9.00. The van der Waals surface area contributed by atoms with Crippen molar-refractivity contribution in [3.63, 3.8) is 0 Å². The summed E-state index contributed by atoms with van der Waals surface area (Å²) in [5, 5.41) is 0. The van der Waals surface area contributed by atoms with Crippen LogP contribution in [0, 0.1) is 0 Å². The van der Waals surface area contributed by atoms with Crippen LogP contribution in [0.15, 0.2) is 0 Å². The van der Waals surface area contributed by atoms with E-state index in [1.807, 2.05) is 41.5 Å². The van der Waals surface area contributed by atoms with Gasteiger partial charge >= 0.3 is 21.1 Å². The molecule has 0 aromatic rings. The molecule has 0 radical (unpaired) electrons. The molecule has 0 saturated carbocycles. The molecule has 0 bridgehead atoms. The second kappa shape index (κ2) is 6.16. The van der Waals surface area contributed by atoms with Crippen molar-refractivity contribution in [2.24, 2.45) is 0 Å². The van der Waals surface area contributed by atoms with E-state index in [0.29, 0.717) is 0 Å². The Kier molecular flexibility index (Phi) is 9.87. The van der Waals surface area contributed by atoms with Crippen molar-refractivity contribution in [3.05, 3.63) is 11.5 Å². The van der Waals surface area contributed by atoms with E-state index in [1.165, 1.54) is 0 Å². The van der Waals surface area contributed by atoms with Crippen LogP contribution in [-0.2, 0) is 21.1 Å². The minimum Gasteiger partial charge on any atom is -0.673 e. The van der Waals surface area contributed by atoms with Gasteiger partial charge in [0.15, 0.2) is 0 Å². The van der Waals surface area contributed by atoms with Crippen molar-refractivity contribution < 1.29 is 21.1 Å². The van der Waals surface area contributed by atoms with Gasteiger partial charge in [0.25, 0.3) is 0 Å². The Bertz CT molecular complexity index is 55.1. The SMILES string of the molecule is CC(C)(C)[NH-].CC(C)(C)[NH-].[Mo+2]. The van der Waals surface area contributed by atoms with E-state index >= 15 is 0 Å². The standard InChI is InChI=1S/2C4H10N.Mo/c2*1-4(2,3)5;/h2*5H,1-3H3;/q2*-1;+2. The first-order valence-electron chi connectivity index (χ1n) is 3.50. The molecule has 68 valence electrons. The van der Waals surface area contributed by atoms with Crippen molar-refractivity contribution in [1.82, 2.24) is 0 Å². The predicted molar refractivity (Wildman–Crippen MR) is 48.1 cm³/mol. The second-order valence-electron chi connectivity index (χ2n) is 4.50. The molecule has 2 nitrogen and oxygen atoms in total. The zero-order valence-corrected chi connectivity index (χ0v) is 10.4. The maximum atomic E-state index is 6.94. The van der Waals surface area contributed by atoms with E-state index in [-0.39, 0.29) is 32.1 Å². The molecule has 11 heavy (non-hydrogen) atoms. The van der Waals surface area contributed by atoms with E-state index in [0.717, 1.165) is 0 Å². The van der Waals surface area contributed by atoms with Gasteiger partial charge in [-0.25, -0.2) is 0 Å². The van der Waals surface area contributed by atoms with Gasteiger partial charge in [-0.15, -0.1) is 11.1 Å². The van der Waals surface area contributed by atoms with Gasteiger partial charge in [-0.05, 0) is 0 Å².